The summed E-state index contributed by atoms with van der Waals surface area (Å²) in [6, 6.07) is 8.16. The van der Waals surface area contributed by atoms with Crippen LogP contribution in [0.5, 0.6) is 5.75 Å². The van der Waals surface area contributed by atoms with Crippen LogP contribution in [0.3, 0.4) is 0 Å². The predicted molar refractivity (Wildman–Crippen MR) is 70.5 cm³/mol. The minimum atomic E-state index is -0.182. The highest BCUT2D eigenvalue weighted by Gasteiger charge is 1.96. The summed E-state index contributed by atoms with van der Waals surface area (Å²) >= 11 is 0. The van der Waals surface area contributed by atoms with Gasteiger partial charge in [0.15, 0.2) is 0 Å². The molecule has 17 heavy (non-hydrogen) atoms. The van der Waals surface area contributed by atoms with Gasteiger partial charge in [0, 0.05) is 0 Å². The van der Waals surface area contributed by atoms with E-state index in [1.807, 2.05) is 19.1 Å². The minimum Gasteiger partial charge on any atom is -0.497 e. The van der Waals surface area contributed by atoms with Gasteiger partial charge in [0.1, 0.15) is 5.75 Å². The van der Waals surface area contributed by atoms with E-state index < -0.39 is 0 Å². The fourth-order valence-corrected chi connectivity index (χ4v) is 1.67. The van der Waals surface area contributed by atoms with Gasteiger partial charge in [-0.05, 0) is 57.0 Å². The number of methoxy groups -OCH3 is 1. The van der Waals surface area contributed by atoms with Gasteiger partial charge in [0.25, 0.3) is 0 Å². The Bertz CT molecular complexity index is 296. The number of rotatable bonds is 8. The normalized spacial score (nSPS) is 12.4. The molecule has 1 rings (SSSR count). The van der Waals surface area contributed by atoms with Crippen LogP contribution in [0, 0.1) is 0 Å². The lowest BCUT2D eigenvalue weighted by Crippen LogP contribution is -2.19. The van der Waals surface area contributed by atoms with Crippen LogP contribution >= 0.6 is 0 Å². The van der Waals surface area contributed by atoms with Gasteiger partial charge in [-0.25, -0.2) is 0 Å². The molecule has 1 atom stereocenters. The summed E-state index contributed by atoms with van der Waals surface area (Å²) < 4.78 is 5.11. The number of hydrogen-bond acceptors (Lipinski definition) is 3. The van der Waals surface area contributed by atoms with Crippen molar-refractivity contribution in [3.05, 3.63) is 29.8 Å². The number of benzene rings is 1. The zero-order valence-corrected chi connectivity index (χ0v) is 10.8. The summed E-state index contributed by atoms with van der Waals surface area (Å²) in [4.78, 5) is 0. The second kappa shape index (κ2) is 8.09. The van der Waals surface area contributed by atoms with Gasteiger partial charge in [0.05, 0.1) is 13.2 Å². The van der Waals surface area contributed by atoms with Crippen LogP contribution < -0.4 is 10.1 Å². The van der Waals surface area contributed by atoms with E-state index in [4.69, 9.17) is 9.84 Å². The van der Waals surface area contributed by atoms with Gasteiger partial charge in [-0.15, -0.1) is 0 Å². The van der Waals surface area contributed by atoms with Crippen molar-refractivity contribution in [3.8, 4) is 5.75 Å². The van der Waals surface area contributed by atoms with E-state index >= 15 is 0 Å². The van der Waals surface area contributed by atoms with Crippen LogP contribution in [0.2, 0.25) is 0 Å². The molecule has 0 fully saturated rings. The molecule has 0 saturated carbocycles. The van der Waals surface area contributed by atoms with E-state index in [-0.39, 0.29) is 6.10 Å². The molecule has 0 aliphatic heterocycles. The maximum absolute atomic E-state index is 9.10. The van der Waals surface area contributed by atoms with Crippen LogP contribution in [0.25, 0.3) is 0 Å². The number of hydrogen-bond donors (Lipinski definition) is 2. The molecule has 2 N–H and O–H groups in total. The van der Waals surface area contributed by atoms with Crippen LogP contribution in [-0.4, -0.2) is 31.4 Å². The number of aliphatic hydroxyl groups excluding tert-OH is 1. The Morgan fingerprint density at radius 3 is 2.53 bits per heavy atom. The van der Waals surface area contributed by atoms with Crippen molar-refractivity contribution in [1.82, 2.24) is 5.32 Å². The van der Waals surface area contributed by atoms with E-state index in [0.29, 0.717) is 0 Å². The Hall–Kier alpha value is -1.06. The Morgan fingerprint density at radius 2 is 1.94 bits per heavy atom. The number of aliphatic hydroxyl groups is 1. The summed E-state index contributed by atoms with van der Waals surface area (Å²) in [5, 5.41) is 12.5. The maximum atomic E-state index is 9.10. The lowest BCUT2D eigenvalue weighted by Gasteiger charge is -2.07. The SMILES string of the molecule is COc1ccc(CCNCCCC(C)O)cc1. The molecule has 0 saturated heterocycles. The van der Waals surface area contributed by atoms with Crippen LogP contribution in [0.1, 0.15) is 25.3 Å². The van der Waals surface area contributed by atoms with E-state index in [9.17, 15) is 0 Å². The highest BCUT2D eigenvalue weighted by Crippen LogP contribution is 2.11. The first-order valence-electron chi connectivity index (χ1n) is 6.24. The third-order valence-electron chi connectivity index (χ3n) is 2.72. The molecule has 0 spiro atoms. The summed E-state index contributed by atoms with van der Waals surface area (Å²) in [6.07, 6.45) is 2.74. The lowest BCUT2D eigenvalue weighted by atomic mass is 10.1. The quantitative estimate of drug-likeness (QED) is 0.679. The molecule has 96 valence electrons. The lowest BCUT2D eigenvalue weighted by molar-refractivity contribution is 0.181. The molecule has 1 aromatic carbocycles. The van der Waals surface area contributed by atoms with Crippen molar-refractivity contribution in [2.75, 3.05) is 20.2 Å². The van der Waals surface area contributed by atoms with Gasteiger partial charge in [-0.3, -0.25) is 0 Å². The monoisotopic (exact) mass is 237 g/mol. The van der Waals surface area contributed by atoms with Crippen LogP contribution in [0.4, 0.5) is 0 Å². The molecular formula is C14H23NO2. The van der Waals surface area contributed by atoms with E-state index in [0.717, 1.165) is 38.1 Å². The van der Waals surface area contributed by atoms with Crippen molar-refractivity contribution in [1.29, 1.82) is 0 Å². The Labute approximate surface area is 104 Å². The van der Waals surface area contributed by atoms with Crippen LogP contribution in [0.15, 0.2) is 24.3 Å². The zero-order valence-electron chi connectivity index (χ0n) is 10.8. The largest absolute Gasteiger partial charge is 0.497 e. The topological polar surface area (TPSA) is 41.5 Å². The average molecular weight is 237 g/mol. The number of ether oxygens (including phenoxy) is 1. The summed E-state index contributed by atoms with van der Waals surface area (Å²) in [6.45, 7) is 3.78. The smallest absolute Gasteiger partial charge is 0.118 e. The van der Waals surface area contributed by atoms with Crippen molar-refractivity contribution >= 4 is 0 Å². The minimum absolute atomic E-state index is 0.182. The Balaban J connectivity index is 2.09. The van der Waals surface area contributed by atoms with Gasteiger partial charge < -0.3 is 15.2 Å². The summed E-state index contributed by atoms with van der Waals surface area (Å²) in [7, 11) is 1.68. The summed E-state index contributed by atoms with van der Waals surface area (Å²) in [5.74, 6) is 0.902. The van der Waals surface area contributed by atoms with Gasteiger partial charge in [0.2, 0.25) is 0 Å². The third-order valence-corrected chi connectivity index (χ3v) is 2.72. The van der Waals surface area contributed by atoms with Gasteiger partial charge >= 0.3 is 0 Å². The standard InChI is InChI=1S/C14H23NO2/c1-12(16)4-3-10-15-11-9-13-5-7-14(17-2)8-6-13/h5-8,12,15-16H,3-4,9-11H2,1-2H3. The van der Waals surface area contributed by atoms with Gasteiger partial charge in [-0.2, -0.15) is 0 Å². The van der Waals surface area contributed by atoms with Crippen LogP contribution in [-0.2, 0) is 6.42 Å². The molecule has 0 aliphatic rings. The van der Waals surface area contributed by atoms with Crippen molar-refractivity contribution in [3.63, 3.8) is 0 Å². The maximum Gasteiger partial charge on any atom is 0.118 e. The predicted octanol–water partition coefficient (Wildman–Crippen LogP) is 1.99. The first-order chi connectivity index (χ1) is 8.22. The summed E-state index contributed by atoms with van der Waals surface area (Å²) in [5.41, 5.74) is 1.31. The molecule has 3 heteroatoms. The first kappa shape index (κ1) is 14.0. The fraction of sp³-hybridized carbons (Fsp3) is 0.571. The molecule has 0 heterocycles. The van der Waals surface area contributed by atoms with Crippen molar-refractivity contribution in [2.45, 2.75) is 32.3 Å². The highest BCUT2D eigenvalue weighted by molar-refractivity contribution is 5.27. The molecular weight excluding hydrogens is 214 g/mol. The van der Waals surface area contributed by atoms with E-state index in [2.05, 4.69) is 17.4 Å². The Kier molecular flexibility index (Phi) is 6.67. The fourth-order valence-electron chi connectivity index (χ4n) is 1.67. The van der Waals surface area contributed by atoms with Crippen molar-refractivity contribution in [2.24, 2.45) is 0 Å². The molecule has 0 radical (unpaired) electrons. The molecule has 0 aliphatic carbocycles. The van der Waals surface area contributed by atoms with Crippen molar-refractivity contribution < 1.29 is 9.84 Å². The third kappa shape index (κ3) is 6.29. The Morgan fingerprint density at radius 1 is 1.24 bits per heavy atom. The molecule has 0 bridgehead atoms. The molecule has 1 aromatic rings. The van der Waals surface area contributed by atoms with Gasteiger partial charge in [-0.1, -0.05) is 12.1 Å². The van der Waals surface area contributed by atoms with E-state index in [1.54, 1.807) is 7.11 Å². The second-order valence-corrected chi connectivity index (χ2v) is 4.34. The highest BCUT2D eigenvalue weighted by atomic mass is 16.5. The molecule has 0 amide bonds. The average Bonchev–Trinajstić information content (AvgIpc) is 2.34. The van der Waals surface area contributed by atoms with E-state index in [1.165, 1.54) is 5.56 Å². The molecule has 1 unspecified atom stereocenters. The molecule has 3 nitrogen and oxygen atoms in total. The molecule has 0 aromatic heterocycles. The second-order valence-electron chi connectivity index (χ2n) is 4.34. The zero-order chi connectivity index (χ0) is 12.5. The first-order valence-corrected chi connectivity index (χ1v) is 6.24. The number of nitrogens with one attached hydrogen (secondary N) is 1.